The highest BCUT2D eigenvalue weighted by Crippen LogP contribution is 2.28. The lowest BCUT2D eigenvalue weighted by Crippen LogP contribution is -2.27. The van der Waals surface area contributed by atoms with E-state index in [9.17, 15) is 0 Å². The highest BCUT2D eigenvalue weighted by molar-refractivity contribution is 5.44. The van der Waals surface area contributed by atoms with E-state index in [0.29, 0.717) is 0 Å². The van der Waals surface area contributed by atoms with Crippen LogP contribution in [0.1, 0.15) is 37.5 Å². The maximum Gasteiger partial charge on any atom is 0.124 e. The zero-order chi connectivity index (χ0) is 14.5. The van der Waals surface area contributed by atoms with E-state index >= 15 is 0 Å². The van der Waals surface area contributed by atoms with Gasteiger partial charge in [-0.25, -0.2) is 0 Å². The number of fused-ring (bicyclic) bond motifs is 1. The molecule has 1 aliphatic heterocycles. The summed E-state index contributed by atoms with van der Waals surface area (Å²) in [6.07, 6.45) is 1.16. The first-order valence-electron chi connectivity index (χ1n) is 7.86. The lowest BCUT2D eigenvalue weighted by molar-refractivity contribution is 0.279. The molecule has 2 rings (SSSR count). The monoisotopic (exact) mass is 276 g/mol. The largest absolute Gasteiger partial charge is 0.494 e. The van der Waals surface area contributed by atoms with Crippen molar-refractivity contribution in [1.29, 1.82) is 0 Å². The third-order valence-corrected chi connectivity index (χ3v) is 4.17. The normalized spacial score (nSPS) is 15.4. The molecule has 1 aromatic rings. The van der Waals surface area contributed by atoms with Crippen LogP contribution in [0.4, 0.5) is 0 Å². The van der Waals surface area contributed by atoms with Crippen LogP contribution in [0.2, 0.25) is 0 Å². The van der Waals surface area contributed by atoms with Crippen LogP contribution in [-0.4, -0.2) is 43.1 Å². The van der Waals surface area contributed by atoms with Gasteiger partial charge >= 0.3 is 0 Å². The Labute approximate surface area is 123 Å². The van der Waals surface area contributed by atoms with Gasteiger partial charge in [-0.3, -0.25) is 4.90 Å². The quantitative estimate of drug-likeness (QED) is 0.794. The van der Waals surface area contributed by atoms with Crippen molar-refractivity contribution in [1.82, 2.24) is 9.80 Å². The van der Waals surface area contributed by atoms with Crippen molar-refractivity contribution in [3.63, 3.8) is 0 Å². The molecule has 0 amide bonds. The molecule has 1 heterocycles. The number of rotatable bonds is 6. The van der Waals surface area contributed by atoms with Gasteiger partial charge in [0.15, 0.2) is 0 Å². The molecule has 0 unspecified atom stereocenters. The van der Waals surface area contributed by atoms with E-state index in [0.717, 1.165) is 51.5 Å². The highest BCUT2D eigenvalue weighted by Gasteiger charge is 2.17. The van der Waals surface area contributed by atoms with E-state index in [1.165, 1.54) is 16.7 Å². The SMILES string of the molecule is CCOc1cc2c(cc1CN(CC)CC)CCN(C)C2. The molecule has 0 spiro atoms. The molecule has 3 heteroatoms. The Hall–Kier alpha value is -1.06. The third kappa shape index (κ3) is 3.53. The molecule has 1 aliphatic rings. The predicted octanol–water partition coefficient (Wildman–Crippen LogP) is 2.92. The summed E-state index contributed by atoms with van der Waals surface area (Å²) in [7, 11) is 2.19. The summed E-state index contributed by atoms with van der Waals surface area (Å²) in [6.45, 7) is 12.6. The maximum atomic E-state index is 5.88. The lowest BCUT2D eigenvalue weighted by atomic mass is 9.96. The van der Waals surface area contributed by atoms with E-state index in [-0.39, 0.29) is 0 Å². The Balaban J connectivity index is 2.29. The second kappa shape index (κ2) is 7.09. The van der Waals surface area contributed by atoms with E-state index in [4.69, 9.17) is 4.74 Å². The van der Waals surface area contributed by atoms with Gasteiger partial charge in [0.2, 0.25) is 0 Å². The number of hydrogen-bond donors (Lipinski definition) is 0. The Bertz CT molecular complexity index is 441. The number of likely N-dealkylation sites (N-methyl/N-ethyl adjacent to an activating group) is 1. The van der Waals surface area contributed by atoms with Gasteiger partial charge in [0.25, 0.3) is 0 Å². The van der Waals surface area contributed by atoms with Gasteiger partial charge in [-0.15, -0.1) is 0 Å². The fourth-order valence-corrected chi connectivity index (χ4v) is 2.88. The van der Waals surface area contributed by atoms with Crippen molar-refractivity contribution in [3.05, 3.63) is 28.8 Å². The molecule has 0 aromatic heterocycles. The first-order chi connectivity index (χ1) is 9.67. The van der Waals surface area contributed by atoms with Gasteiger partial charge in [-0.1, -0.05) is 19.9 Å². The zero-order valence-corrected chi connectivity index (χ0v) is 13.4. The molecule has 0 aliphatic carbocycles. The Morgan fingerprint density at radius 2 is 1.90 bits per heavy atom. The van der Waals surface area contributed by atoms with Crippen LogP contribution in [0, 0.1) is 0 Å². The van der Waals surface area contributed by atoms with Gasteiger partial charge in [-0.05, 0) is 50.7 Å². The molecule has 0 fully saturated rings. The molecule has 112 valence electrons. The topological polar surface area (TPSA) is 15.7 Å². The second-order valence-corrected chi connectivity index (χ2v) is 5.61. The van der Waals surface area contributed by atoms with Gasteiger partial charge in [0.1, 0.15) is 5.75 Å². The van der Waals surface area contributed by atoms with Crippen molar-refractivity contribution in [3.8, 4) is 5.75 Å². The van der Waals surface area contributed by atoms with Gasteiger partial charge in [0.05, 0.1) is 6.61 Å². The number of benzene rings is 1. The van der Waals surface area contributed by atoms with E-state index in [2.05, 4.69) is 49.8 Å². The predicted molar refractivity (Wildman–Crippen MR) is 84.3 cm³/mol. The molecule has 20 heavy (non-hydrogen) atoms. The molecule has 0 saturated carbocycles. The Kier molecular flexibility index (Phi) is 5.44. The van der Waals surface area contributed by atoms with Crippen LogP contribution in [0.3, 0.4) is 0 Å². The summed E-state index contributed by atoms with van der Waals surface area (Å²) >= 11 is 0. The molecule has 0 N–H and O–H groups in total. The van der Waals surface area contributed by atoms with Crippen LogP contribution >= 0.6 is 0 Å². The van der Waals surface area contributed by atoms with Crippen LogP contribution in [0.25, 0.3) is 0 Å². The molecule has 3 nitrogen and oxygen atoms in total. The minimum absolute atomic E-state index is 0.736. The molecule has 1 aromatic carbocycles. The van der Waals surface area contributed by atoms with Crippen LogP contribution in [0.15, 0.2) is 12.1 Å². The van der Waals surface area contributed by atoms with Gasteiger partial charge < -0.3 is 9.64 Å². The Morgan fingerprint density at radius 3 is 2.55 bits per heavy atom. The third-order valence-electron chi connectivity index (χ3n) is 4.17. The highest BCUT2D eigenvalue weighted by atomic mass is 16.5. The molecule has 0 radical (unpaired) electrons. The van der Waals surface area contributed by atoms with Crippen LogP contribution in [-0.2, 0) is 19.5 Å². The average molecular weight is 276 g/mol. The molecular weight excluding hydrogens is 248 g/mol. The zero-order valence-electron chi connectivity index (χ0n) is 13.4. The summed E-state index contributed by atoms with van der Waals surface area (Å²) in [5, 5.41) is 0. The maximum absolute atomic E-state index is 5.88. The first-order valence-corrected chi connectivity index (χ1v) is 7.86. The molecule has 0 saturated heterocycles. The first kappa shape index (κ1) is 15.3. The van der Waals surface area contributed by atoms with Crippen molar-refractivity contribution in [2.45, 2.75) is 40.3 Å². The lowest BCUT2D eigenvalue weighted by Gasteiger charge is -2.27. The minimum Gasteiger partial charge on any atom is -0.494 e. The van der Waals surface area contributed by atoms with Gasteiger partial charge in [0, 0.05) is 25.2 Å². The van der Waals surface area contributed by atoms with Gasteiger partial charge in [-0.2, -0.15) is 0 Å². The fourth-order valence-electron chi connectivity index (χ4n) is 2.88. The average Bonchev–Trinajstić information content (AvgIpc) is 2.45. The molecule has 0 bridgehead atoms. The van der Waals surface area contributed by atoms with Crippen molar-refractivity contribution in [2.24, 2.45) is 0 Å². The Morgan fingerprint density at radius 1 is 1.15 bits per heavy atom. The summed E-state index contributed by atoms with van der Waals surface area (Å²) in [5.74, 6) is 1.08. The van der Waals surface area contributed by atoms with Crippen LogP contribution in [0.5, 0.6) is 5.75 Å². The van der Waals surface area contributed by atoms with E-state index in [1.807, 2.05) is 0 Å². The van der Waals surface area contributed by atoms with Crippen LogP contribution < -0.4 is 4.74 Å². The molecule has 0 atom stereocenters. The smallest absolute Gasteiger partial charge is 0.124 e. The van der Waals surface area contributed by atoms with Crippen molar-refractivity contribution < 1.29 is 4.74 Å². The summed E-state index contributed by atoms with van der Waals surface area (Å²) in [4.78, 5) is 4.82. The summed E-state index contributed by atoms with van der Waals surface area (Å²) < 4.78 is 5.88. The summed E-state index contributed by atoms with van der Waals surface area (Å²) in [6, 6.07) is 4.65. The number of ether oxygens (including phenoxy) is 1. The fraction of sp³-hybridized carbons (Fsp3) is 0.647. The van der Waals surface area contributed by atoms with Crippen molar-refractivity contribution in [2.75, 3.05) is 33.3 Å². The standard InChI is InChI=1S/C17H28N2O/c1-5-19(6-2)13-16-10-14-8-9-18(4)12-15(14)11-17(16)20-7-3/h10-11H,5-9,12-13H2,1-4H3. The van der Waals surface area contributed by atoms with E-state index < -0.39 is 0 Å². The van der Waals surface area contributed by atoms with Crippen molar-refractivity contribution >= 4 is 0 Å². The number of nitrogens with zero attached hydrogens (tertiary/aromatic N) is 2. The van der Waals surface area contributed by atoms with E-state index in [1.54, 1.807) is 0 Å². The summed E-state index contributed by atoms with van der Waals surface area (Å²) in [5.41, 5.74) is 4.29. The molecular formula is C17H28N2O. The minimum atomic E-state index is 0.736. The number of hydrogen-bond acceptors (Lipinski definition) is 3. The second-order valence-electron chi connectivity index (χ2n) is 5.61.